The average Bonchev–Trinajstić information content (AvgIpc) is 3.41. The molecule has 1 N–H and O–H groups in total. The molecule has 0 saturated heterocycles. The number of aliphatic hydroxyl groups is 1. The first kappa shape index (κ1) is 20.9. The third-order valence-electron chi connectivity index (χ3n) is 4.86. The fourth-order valence-electron chi connectivity index (χ4n) is 3.64. The Morgan fingerprint density at radius 2 is 1.94 bits per heavy atom. The van der Waals surface area contributed by atoms with Gasteiger partial charge in [-0.1, -0.05) is 0 Å². The number of carbonyl (C=O) groups is 2. The number of carbonyl (C=O) groups excluding carboxylic acids is 2. The van der Waals surface area contributed by atoms with Crippen molar-refractivity contribution < 1.29 is 23.8 Å². The number of aryl methyl sites for hydroxylation is 2. The van der Waals surface area contributed by atoms with Crippen LogP contribution in [0.2, 0.25) is 0 Å². The largest absolute Gasteiger partial charge is 0.503 e. The fraction of sp³-hybridized carbons (Fsp3) is 0.261. The Morgan fingerprint density at radius 1 is 1.23 bits per heavy atom. The molecule has 31 heavy (non-hydrogen) atoms. The van der Waals surface area contributed by atoms with Crippen LogP contribution >= 0.6 is 11.3 Å². The third-order valence-corrected chi connectivity index (χ3v) is 5.93. The summed E-state index contributed by atoms with van der Waals surface area (Å²) in [4.78, 5) is 32.6. The van der Waals surface area contributed by atoms with Crippen LogP contribution in [0.25, 0.3) is 0 Å². The van der Waals surface area contributed by atoms with Crippen molar-refractivity contribution in [1.82, 2.24) is 4.98 Å². The molecule has 0 saturated carbocycles. The molecule has 160 valence electrons. The van der Waals surface area contributed by atoms with Crippen LogP contribution in [0.3, 0.4) is 0 Å². The molecule has 0 fully saturated rings. The van der Waals surface area contributed by atoms with Gasteiger partial charge in [-0.15, -0.1) is 11.3 Å². The zero-order valence-electron chi connectivity index (χ0n) is 17.6. The lowest BCUT2D eigenvalue weighted by molar-refractivity contribution is -0.117. The zero-order chi connectivity index (χ0) is 22.3. The average molecular weight is 439 g/mol. The topological polar surface area (TPSA) is 92.9 Å². The van der Waals surface area contributed by atoms with Gasteiger partial charge < -0.3 is 14.3 Å². The summed E-state index contributed by atoms with van der Waals surface area (Å²) in [7, 11) is 0. The van der Waals surface area contributed by atoms with E-state index in [0.717, 1.165) is 5.01 Å². The summed E-state index contributed by atoms with van der Waals surface area (Å²) in [5.41, 5.74) is 1.05. The number of ether oxygens (including phenoxy) is 1. The van der Waals surface area contributed by atoms with Gasteiger partial charge in [0.05, 0.1) is 33.5 Å². The van der Waals surface area contributed by atoms with Crippen molar-refractivity contribution in [3.8, 4) is 5.75 Å². The van der Waals surface area contributed by atoms with Crippen molar-refractivity contribution in [1.29, 1.82) is 0 Å². The maximum Gasteiger partial charge on any atom is 0.294 e. The zero-order valence-corrected chi connectivity index (χ0v) is 18.4. The van der Waals surface area contributed by atoms with Gasteiger partial charge in [0, 0.05) is 5.69 Å². The number of nitrogens with zero attached hydrogens (tertiary/aromatic N) is 2. The molecule has 1 aromatic carbocycles. The highest BCUT2D eigenvalue weighted by Gasteiger charge is 2.46. The van der Waals surface area contributed by atoms with E-state index in [0.29, 0.717) is 27.8 Å². The minimum Gasteiger partial charge on any atom is -0.503 e. The van der Waals surface area contributed by atoms with Gasteiger partial charge in [-0.3, -0.25) is 14.5 Å². The Labute approximate surface area is 183 Å². The van der Waals surface area contributed by atoms with E-state index in [1.807, 2.05) is 13.8 Å². The van der Waals surface area contributed by atoms with Crippen LogP contribution in [0.15, 0.2) is 58.4 Å². The first-order valence-electron chi connectivity index (χ1n) is 9.83. The van der Waals surface area contributed by atoms with Crippen LogP contribution in [0.1, 0.15) is 46.0 Å². The highest BCUT2D eigenvalue weighted by Crippen LogP contribution is 2.43. The Morgan fingerprint density at radius 3 is 2.48 bits per heavy atom. The molecule has 8 heteroatoms. The molecule has 1 atom stereocenters. The van der Waals surface area contributed by atoms with Crippen molar-refractivity contribution in [3.05, 3.63) is 75.3 Å². The first-order chi connectivity index (χ1) is 14.8. The molecular weight excluding hydrogens is 416 g/mol. The van der Waals surface area contributed by atoms with E-state index < -0.39 is 23.5 Å². The number of Topliss-reactive ketones (excluding diaryl/α,β-unsaturated/α-hetero) is 1. The highest BCUT2D eigenvalue weighted by molar-refractivity contribution is 7.14. The number of amides is 1. The quantitative estimate of drug-likeness (QED) is 0.549. The van der Waals surface area contributed by atoms with Crippen LogP contribution in [-0.4, -0.2) is 27.9 Å². The maximum atomic E-state index is 13.4. The Balaban J connectivity index is 1.78. The van der Waals surface area contributed by atoms with Crippen LogP contribution in [0.5, 0.6) is 5.75 Å². The number of anilines is 1. The Bertz CT molecular complexity index is 1160. The predicted octanol–water partition coefficient (Wildman–Crippen LogP) is 4.92. The summed E-state index contributed by atoms with van der Waals surface area (Å²) in [5.74, 6) is -0.649. The number of hydrogen-bond donors (Lipinski definition) is 1. The highest BCUT2D eigenvalue weighted by atomic mass is 32.1. The van der Waals surface area contributed by atoms with Crippen molar-refractivity contribution in [2.75, 3.05) is 4.90 Å². The molecule has 1 amide bonds. The van der Waals surface area contributed by atoms with E-state index in [-0.39, 0.29) is 11.7 Å². The smallest absolute Gasteiger partial charge is 0.294 e. The van der Waals surface area contributed by atoms with Gasteiger partial charge in [0.1, 0.15) is 17.6 Å². The van der Waals surface area contributed by atoms with E-state index in [2.05, 4.69) is 4.98 Å². The van der Waals surface area contributed by atoms with Gasteiger partial charge in [0.15, 0.2) is 5.76 Å². The summed E-state index contributed by atoms with van der Waals surface area (Å²) in [6.07, 6.45) is 1.48. The Hall–Kier alpha value is -3.39. The van der Waals surface area contributed by atoms with Gasteiger partial charge in [-0.25, -0.2) is 4.98 Å². The van der Waals surface area contributed by atoms with Crippen LogP contribution in [-0.2, 0) is 4.79 Å². The van der Waals surface area contributed by atoms with Crippen molar-refractivity contribution in [2.45, 2.75) is 39.8 Å². The normalized spacial score (nSPS) is 16.5. The van der Waals surface area contributed by atoms with Crippen LogP contribution in [0, 0.1) is 13.8 Å². The molecule has 1 aliphatic heterocycles. The summed E-state index contributed by atoms with van der Waals surface area (Å²) >= 11 is 1.23. The fourth-order valence-corrected chi connectivity index (χ4v) is 4.52. The van der Waals surface area contributed by atoms with Crippen LogP contribution in [0.4, 0.5) is 5.69 Å². The lowest BCUT2D eigenvalue weighted by Crippen LogP contribution is -2.30. The van der Waals surface area contributed by atoms with E-state index in [1.54, 1.807) is 50.2 Å². The lowest BCUT2D eigenvalue weighted by Gasteiger charge is -2.25. The molecule has 1 unspecified atom stereocenters. The number of hydrogen-bond acceptors (Lipinski definition) is 7. The summed E-state index contributed by atoms with van der Waals surface area (Å²) < 4.78 is 11.2. The van der Waals surface area contributed by atoms with E-state index >= 15 is 0 Å². The Kier molecular flexibility index (Phi) is 5.41. The molecular formula is C23H22N2O5S. The second-order valence-electron chi connectivity index (χ2n) is 7.49. The summed E-state index contributed by atoms with van der Waals surface area (Å²) in [6, 6.07) is 9.39. The molecule has 0 radical (unpaired) electrons. The van der Waals surface area contributed by atoms with Crippen molar-refractivity contribution in [2.24, 2.45) is 0 Å². The minimum atomic E-state index is -0.895. The molecule has 3 heterocycles. The van der Waals surface area contributed by atoms with Crippen molar-refractivity contribution in [3.63, 3.8) is 0 Å². The lowest BCUT2D eigenvalue weighted by atomic mass is 9.99. The van der Waals surface area contributed by atoms with E-state index in [4.69, 9.17) is 9.15 Å². The molecule has 4 rings (SSSR count). The van der Waals surface area contributed by atoms with Gasteiger partial charge in [0.25, 0.3) is 5.91 Å². The molecule has 1 aliphatic rings. The van der Waals surface area contributed by atoms with Gasteiger partial charge in [0.2, 0.25) is 5.78 Å². The number of ketones is 1. The molecule has 0 aliphatic carbocycles. The van der Waals surface area contributed by atoms with Crippen molar-refractivity contribution >= 4 is 28.7 Å². The third kappa shape index (κ3) is 3.74. The minimum absolute atomic E-state index is 0.0103. The predicted molar refractivity (Wildman–Crippen MR) is 117 cm³/mol. The standard InChI is InChI=1S/C23H22N2O5S/c1-12(2)30-16-9-7-15(8-10-16)25-19(17-6-5-11-29-17)18(21(27)23(25)28)20(26)22-13(3)24-14(4)31-22/h5-12,19,27H,1-4H3. The summed E-state index contributed by atoms with van der Waals surface area (Å²) in [6.45, 7) is 7.39. The molecule has 3 aromatic rings. The number of aromatic nitrogens is 1. The van der Waals surface area contributed by atoms with E-state index in [1.165, 1.54) is 22.5 Å². The van der Waals surface area contributed by atoms with Gasteiger partial charge in [-0.05, 0) is 64.1 Å². The second kappa shape index (κ2) is 8.03. The van der Waals surface area contributed by atoms with Gasteiger partial charge >= 0.3 is 0 Å². The molecule has 0 bridgehead atoms. The van der Waals surface area contributed by atoms with E-state index in [9.17, 15) is 14.7 Å². The number of furan rings is 1. The second-order valence-corrected chi connectivity index (χ2v) is 8.70. The molecule has 2 aromatic heterocycles. The summed E-state index contributed by atoms with van der Waals surface area (Å²) in [5, 5.41) is 11.5. The monoisotopic (exact) mass is 438 g/mol. The molecule has 7 nitrogen and oxygen atoms in total. The SMILES string of the molecule is Cc1nc(C)c(C(=O)C2=C(O)C(=O)N(c3ccc(OC(C)C)cc3)C2c2ccco2)s1. The first-order valence-corrected chi connectivity index (χ1v) is 10.6. The number of thiazole rings is 1. The van der Waals surface area contributed by atoms with Gasteiger partial charge in [-0.2, -0.15) is 0 Å². The number of rotatable bonds is 6. The molecule has 0 spiro atoms. The van der Waals surface area contributed by atoms with Crippen LogP contribution < -0.4 is 9.64 Å². The maximum absolute atomic E-state index is 13.4. The number of aliphatic hydroxyl groups excluding tert-OH is 1. The number of benzene rings is 1.